The maximum atomic E-state index is 13.2. The quantitative estimate of drug-likeness (QED) is 0.400. The molecule has 0 aliphatic carbocycles. The predicted molar refractivity (Wildman–Crippen MR) is 136 cm³/mol. The van der Waals surface area contributed by atoms with Crippen molar-refractivity contribution in [2.45, 2.75) is 6.42 Å². The fourth-order valence-electron chi connectivity index (χ4n) is 4.49. The minimum Gasteiger partial charge on any atom is -0.360 e. The van der Waals surface area contributed by atoms with Crippen LogP contribution < -0.4 is 0 Å². The zero-order valence-electron chi connectivity index (χ0n) is 18.8. The van der Waals surface area contributed by atoms with E-state index >= 15 is 0 Å². The van der Waals surface area contributed by atoms with Gasteiger partial charge in [-0.15, -0.1) is 0 Å². The Labute approximate surface area is 203 Å². The molecule has 2 heterocycles. The van der Waals surface area contributed by atoms with Crippen LogP contribution in [0.5, 0.6) is 0 Å². The first-order chi connectivity index (χ1) is 16.6. The molecule has 1 aromatic heterocycles. The van der Waals surface area contributed by atoms with Crippen molar-refractivity contribution >= 4 is 34.2 Å². The van der Waals surface area contributed by atoms with E-state index in [2.05, 4.69) is 34.1 Å². The summed E-state index contributed by atoms with van der Waals surface area (Å²) in [4.78, 5) is 33.8. The summed E-state index contributed by atoms with van der Waals surface area (Å²) in [5, 5.41) is 1.34. The average Bonchev–Trinajstić information content (AvgIpc) is 3.31. The van der Waals surface area contributed by atoms with Gasteiger partial charge in [-0.2, -0.15) is 0 Å². The van der Waals surface area contributed by atoms with Gasteiger partial charge in [0, 0.05) is 71.5 Å². The highest BCUT2D eigenvalue weighted by Crippen LogP contribution is 2.24. The maximum Gasteiger partial charge on any atom is 0.253 e. The van der Waals surface area contributed by atoms with E-state index in [-0.39, 0.29) is 11.7 Å². The molecule has 0 bridgehead atoms. The predicted octanol–water partition coefficient (Wildman–Crippen LogP) is 5.05. The number of nitrogens with zero attached hydrogens (tertiary/aromatic N) is 2. The van der Waals surface area contributed by atoms with Crippen molar-refractivity contribution in [1.29, 1.82) is 0 Å². The standard InChI is InChI=1S/C28H26ClN3O2/c29-23-9-6-21(7-10-23)27(33)25-19-30-26-11-8-22(18-24(25)26)28(34)32-16-14-31(15-17-32)13-12-20-4-2-1-3-5-20/h1-11,18-19,30H,12-17H2. The lowest BCUT2D eigenvalue weighted by Crippen LogP contribution is -2.49. The molecule has 4 aromatic rings. The number of H-pyrrole nitrogens is 1. The van der Waals surface area contributed by atoms with E-state index in [0.29, 0.717) is 34.8 Å². The lowest BCUT2D eigenvalue weighted by atomic mass is 10.0. The molecule has 0 atom stereocenters. The molecule has 1 aliphatic rings. The van der Waals surface area contributed by atoms with Gasteiger partial charge >= 0.3 is 0 Å². The summed E-state index contributed by atoms with van der Waals surface area (Å²) < 4.78 is 0. The van der Waals surface area contributed by atoms with Gasteiger partial charge in [0.1, 0.15) is 0 Å². The van der Waals surface area contributed by atoms with Gasteiger partial charge in [0.2, 0.25) is 0 Å². The van der Waals surface area contributed by atoms with E-state index in [0.717, 1.165) is 37.0 Å². The third-order valence-corrected chi connectivity index (χ3v) is 6.75. The number of hydrogen-bond acceptors (Lipinski definition) is 3. The molecule has 172 valence electrons. The van der Waals surface area contributed by atoms with Crippen molar-refractivity contribution in [3.63, 3.8) is 0 Å². The van der Waals surface area contributed by atoms with Crippen LogP contribution in [0.2, 0.25) is 5.02 Å². The van der Waals surface area contributed by atoms with Crippen molar-refractivity contribution in [3.8, 4) is 0 Å². The Bertz CT molecular complexity index is 1310. The number of ketones is 1. The van der Waals surface area contributed by atoms with Gasteiger partial charge in [-0.25, -0.2) is 0 Å². The van der Waals surface area contributed by atoms with E-state index in [1.54, 1.807) is 30.5 Å². The van der Waals surface area contributed by atoms with Crippen molar-refractivity contribution in [2.75, 3.05) is 32.7 Å². The number of hydrogen-bond donors (Lipinski definition) is 1. The van der Waals surface area contributed by atoms with Gasteiger partial charge in [-0.1, -0.05) is 41.9 Å². The molecule has 1 saturated heterocycles. The molecule has 0 saturated carbocycles. The first-order valence-electron chi connectivity index (χ1n) is 11.6. The second-order valence-electron chi connectivity index (χ2n) is 8.67. The van der Waals surface area contributed by atoms with Gasteiger partial charge in [0.05, 0.1) is 0 Å². The molecule has 1 fully saturated rings. The fourth-order valence-corrected chi connectivity index (χ4v) is 4.61. The number of fused-ring (bicyclic) bond motifs is 1. The molecule has 0 spiro atoms. The third-order valence-electron chi connectivity index (χ3n) is 6.50. The Kier molecular flexibility index (Phi) is 6.48. The molecule has 3 aromatic carbocycles. The van der Waals surface area contributed by atoms with Crippen LogP contribution >= 0.6 is 11.6 Å². The summed E-state index contributed by atoms with van der Waals surface area (Å²) in [6.45, 7) is 4.14. The molecule has 1 amide bonds. The van der Waals surface area contributed by atoms with Crippen LogP contribution in [0.3, 0.4) is 0 Å². The smallest absolute Gasteiger partial charge is 0.253 e. The SMILES string of the molecule is O=C(c1ccc(Cl)cc1)c1c[nH]c2ccc(C(=O)N3CCN(CCc4ccccc4)CC3)cc12. The minimum atomic E-state index is -0.0976. The topological polar surface area (TPSA) is 56.4 Å². The summed E-state index contributed by atoms with van der Waals surface area (Å²) in [5.74, 6) is -0.0877. The van der Waals surface area contributed by atoms with Crippen molar-refractivity contribution in [3.05, 3.63) is 106 Å². The normalized spacial score (nSPS) is 14.4. The maximum absolute atomic E-state index is 13.2. The highest BCUT2D eigenvalue weighted by molar-refractivity contribution is 6.30. The Morgan fingerprint density at radius 3 is 2.29 bits per heavy atom. The van der Waals surface area contributed by atoms with E-state index in [1.165, 1.54) is 5.56 Å². The zero-order valence-corrected chi connectivity index (χ0v) is 19.6. The number of benzene rings is 3. The number of aromatic amines is 1. The summed E-state index contributed by atoms with van der Waals surface area (Å²) in [6.07, 6.45) is 2.73. The number of aromatic nitrogens is 1. The van der Waals surface area contributed by atoms with Gasteiger partial charge in [-0.3, -0.25) is 14.5 Å². The van der Waals surface area contributed by atoms with Gasteiger partial charge < -0.3 is 9.88 Å². The largest absolute Gasteiger partial charge is 0.360 e. The highest BCUT2D eigenvalue weighted by atomic mass is 35.5. The number of rotatable bonds is 6. The number of halogens is 1. The molecular weight excluding hydrogens is 446 g/mol. The monoisotopic (exact) mass is 471 g/mol. The van der Waals surface area contributed by atoms with Gasteiger partial charge in [0.25, 0.3) is 5.91 Å². The molecule has 1 N–H and O–H groups in total. The van der Waals surface area contributed by atoms with Crippen LogP contribution in [-0.2, 0) is 6.42 Å². The number of nitrogens with one attached hydrogen (secondary N) is 1. The minimum absolute atomic E-state index is 0.00991. The van der Waals surface area contributed by atoms with Crippen LogP contribution in [0.1, 0.15) is 31.8 Å². The molecule has 6 heteroatoms. The Balaban J connectivity index is 1.26. The van der Waals surface area contributed by atoms with E-state index in [4.69, 9.17) is 11.6 Å². The first kappa shape index (κ1) is 22.4. The highest BCUT2D eigenvalue weighted by Gasteiger charge is 2.23. The van der Waals surface area contributed by atoms with Gasteiger partial charge in [0.15, 0.2) is 5.78 Å². The summed E-state index contributed by atoms with van der Waals surface area (Å²) in [5.41, 5.74) is 3.89. The molecule has 5 nitrogen and oxygen atoms in total. The molecular formula is C28H26ClN3O2. The molecule has 34 heavy (non-hydrogen) atoms. The van der Waals surface area contributed by atoms with E-state index in [1.807, 2.05) is 29.2 Å². The van der Waals surface area contributed by atoms with Crippen LogP contribution in [0.25, 0.3) is 10.9 Å². The van der Waals surface area contributed by atoms with Crippen LogP contribution in [0.4, 0.5) is 0 Å². The van der Waals surface area contributed by atoms with Crippen molar-refractivity contribution < 1.29 is 9.59 Å². The number of piperazine rings is 1. The second-order valence-corrected chi connectivity index (χ2v) is 9.10. The lowest BCUT2D eigenvalue weighted by molar-refractivity contribution is 0.0638. The molecule has 0 unspecified atom stereocenters. The second kappa shape index (κ2) is 9.84. The van der Waals surface area contributed by atoms with Crippen molar-refractivity contribution in [2.24, 2.45) is 0 Å². The first-order valence-corrected chi connectivity index (χ1v) is 11.9. The number of amides is 1. The summed E-state index contributed by atoms with van der Waals surface area (Å²) in [6, 6.07) is 22.9. The lowest BCUT2D eigenvalue weighted by Gasteiger charge is -2.34. The Morgan fingerprint density at radius 1 is 0.853 bits per heavy atom. The Hall–Kier alpha value is -3.41. The van der Waals surface area contributed by atoms with E-state index < -0.39 is 0 Å². The number of carbonyl (C=O) groups is 2. The molecule has 0 radical (unpaired) electrons. The fraction of sp³-hybridized carbons (Fsp3) is 0.214. The Morgan fingerprint density at radius 2 is 1.56 bits per heavy atom. The molecule has 1 aliphatic heterocycles. The van der Waals surface area contributed by atoms with Crippen molar-refractivity contribution in [1.82, 2.24) is 14.8 Å². The zero-order chi connectivity index (χ0) is 23.5. The van der Waals surface area contributed by atoms with Gasteiger partial charge in [-0.05, 0) is 54.4 Å². The summed E-state index contributed by atoms with van der Waals surface area (Å²) >= 11 is 5.96. The van der Waals surface area contributed by atoms with E-state index in [9.17, 15) is 9.59 Å². The number of carbonyl (C=O) groups excluding carboxylic acids is 2. The molecule has 5 rings (SSSR count). The average molecular weight is 472 g/mol. The van der Waals surface area contributed by atoms with Crippen LogP contribution in [0, 0.1) is 0 Å². The summed E-state index contributed by atoms with van der Waals surface area (Å²) in [7, 11) is 0. The van der Waals surface area contributed by atoms with Crippen LogP contribution in [0.15, 0.2) is 79.0 Å². The van der Waals surface area contributed by atoms with Crippen LogP contribution in [-0.4, -0.2) is 59.2 Å². The third kappa shape index (κ3) is 4.76.